The van der Waals surface area contributed by atoms with Crippen molar-refractivity contribution in [3.05, 3.63) is 143 Å². The van der Waals surface area contributed by atoms with Gasteiger partial charge in [0.25, 0.3) is 0 Å². The van der Waals surface area contributed by atoms with Crippen LogP contribution in [0.3, 0.4) is 0 Å². The van der Waals surface area contributed by atoms with Gasteiger partial charge in [-0.15, -0.1) is 0 Å². The van der Waals surface area contributed by atoms with Crippen LogP contribution >= 0.6 is 34.8 Å². The molecule has 0 fully saturated rings. The van der Waals surface area contributed by atoms with Gasteiger partial charge in [-0.1, -0.05) is 132 Å². The highest BCUT2D eigenvalue weighted by molar-refractivity contribution is 6.31. The van der Waals surface area contributed by atoms with Gasteiger partial charge in [0.05, 0.1) is 37.4 Å². The van der Waals surface area contributed by atoms with Crippen molar-refractivity contribution in [3.8, 4) is 12.1 Å². The van der Waals surface area contributed by atoms with Crippen LogP contribution in [0.25, 0.3) is 0 Å². The van der Waals surface area contributed by atoms with E-state index in [1.165, 1.54) is 24.5 Å². The molecule has 1 N–H and O–H groups in total. The van der Waals surface area contributed by atoms with E-state index in [2.05, 4.69) is 56.2 Å². The third kappa shape index (κ3) is 14.2. The van der Waals surface area contributed by atoms with Crippen molar-refractivity contribution >= 4 is 34.8 Å². The van der Waals surface area contributed by atoms with Crippen LogP contribution < -0.4 is 0 Å². The molecule has 3 atom stereocenters. The molecule has 0 spiro atoms. The highest BCUT2D eigenvalue weighted by atomic mass is 35.5. The van der Waals surface area contributed by atoms with E-state index in [1.807, 2.05) is 93.6 Å². The molecule has 0 saturated carbocycles. The zero-order valence-electron chi connectivity index (χ0n) is 35.7. The maximum atomic E-state index is 11.1. The molecule has 0 radical (unpaired) electrons. The second-order valence-electron chi connectivity index (χ2n) is 16.3. The van der Waals surface area contributed by atoms with E-state index in [1.54, 1.807) is 33.0 Å². The predicted octanol–water partition coefficient (Wildman–Crippen LogP) is 10.5. The zero-order valence-corrected chi connectivity index (χ0v) is 37.9. The molecule has 0 bridgehead atoms. The lowest BCUT2D eigenvalue weighted by Gasteiger charge is -2.40. The molecule has 6 rings (SSSR count). The summed E-state index contributed by atoms with van der Waals surface area (Å²) < 4.78 is 5.12. The molecule has 0 aliphatic carbocycles. The first kappa shape index (κ1) is 48.6. The Kier molecular flexibility index (Phi) is 18.5. The molecule has 12 nitrogen and oxygen atoms in total. The molecule has 0 aliphatic heterocycles. The van der Waals surface area contributed by atoms with Crippen LogP contribution in [0, 0.1) is 28.1 Å². The summed E-state index contributed by atoms with van der Waals surface area (Å²) in [5.74, 6) is 0. The summed E-state index contributed by atoms with van der Waals surface area (Å²) in [4.78, 5) is 11.8. The lowest BCUT2D eigenvalue weighted by Crippen LogP contribution is -2.47. The molecule has 3 aromatic heterocycles. The molecule has 15 heteroatoms. The third-order valence-corrected chi connectivity index (χ3v) is 11.7. The Morgan fingerprint density at radius 2 is 0.918 bits per heavy atom. The summed E-state index contributed by atoms with van der Waals surface area (Å²) >= 11 is 17.8. The number of halogens is 3. The third-order valence-electron chi connectivity index (χ3n) is 11.0. The van der Waals surface area contributed by atoms with Crippen LogP contribution in [0.5, 0.6) is 0 Å². The second-order valence-corrected chi connectivity index (χ2v) is 17.6. The van der Waals surface area contributed by atoms with Gasteiger partial charge in [0, 0.05) is 15.1 Å². The van der Waals surface area contributed by atoms with E-state index >= 15 is 0 Å². The largest absolute Gasteiger partial charge is 0.387 e. The Labute approximate surface area is 375 Å². The van der Waals surface area contributed by atoms with Crippen molar-refractivity contribution in [2.24, 2.45) is 5.41 Å². The monoisotopic (exact) mass is 883 g/mol. The minimum atomic E-state index is -0.861. The van der Waals surface area contributed by atoms with Crippen molar-refractivity contribution in [3.63, 3.8) is 0 Å². The SMILES string of the molecule is CC(C)(C)C(O)(CCc1ccc(Cl)cc1)Cn1cncn1.CCCCC(C#N)(Cn1cncn1)c1ccc(Cl)cc1.CCCCC(C#N)(Cn1cncn1)c1ccc(Cl)cc1. The number of aryl methyl sites for hydroxylation is 1. The van der Waals surface area contributed by atoms with Gasteiger partial charge >= 0.3 is 0 Å². The first-order valence-electron chi connectivity index (χ1n) is 20.5. The second kappa shape index (κ2) is 23.2. The Bertz CT molecular complexity index is 2110. The molecule has 3 heterocycles. The van der Waals surface area contributed by atoms with Crippen LogP contribution in [0.4, 0.5) is 0 Å². The lowest BCUT2D eigenvalue weighted by molar-refractivity contribution is -0.0796. The van der Waals surface area contributed by atoms with Crippen LogP contribution in [-0.2, 0) is 36.9 Å². The van der Waals surface area contributed by atoms with Crippen molar-refractivity contribution in [2.75, 3.05) is 0 Å². The quantitative estimate of drug-likeness (QED) is 0.0940. The van der Waals surface area contributed by atoms with Gasteiger partial charge in [0.1, 0.15) is 48.8 Å². The summed E-state index contributed by atoms with van der Waals surface area (Å²) in [6.07, 6.45) is 16.5. The van der Waals surface area contributed by atoms with Crippen molar-refractivity contribution in [2.45, 2.75) is 122 Å². The topological polar surface area (TPSA) is 160 Å². The number of nitriles is 2. The number of aromatic nitrogens is 9. The van der Waals surface area contributed by atoms with Crippen molar-refractivity contribution < 1.29 is 5.11 Å². The average Bonchev–Trinajstić information content (AvgIpc) is 4.08. The highest BCUT2D eigenvalue weighted by Crippen LogP contribution is 2.36. The van der Waals surface area contributed by atoms with Gasteiger partial charge in [0.2, 0.25) is 0 Å². The van der Waals surface area contributed by atoms with E-state index in [4.69, 9.17) is 34.8 Å². The molecule has 0 aliphatic rings. The minimum Gasteiger partial charge on any atom is -0.387 e. The number of nitrogens with zero attached hydrogens (tertiary/aromatic N) is 11. The summed E-state index contributed by atoms with van der Waals surface area (Å²) in [6, 6.07) is 27.8. The van der Waals surface area contributed by atoms with E-state index in [0.717, 1.165) is 61.1 Å². The number of unbranched alkanes of at least 4 members (excludes halogenated alkanes) is 2. The first-order valence-corrected chi connectivity index (χ1v) is 21.6. The molecular weight excluding hydrogens is 829 g/mol. The number of benzene rings is 3. The summed E-state index contributed by atoms with van der Waals surface area (Å²) in [5, 5.41) is 45.1. The Hall–Kier alpha value is -5.11. The van der Waals surface area contributed by atoms with Gasteiger partial charge in [-0.05, 0) is 84.2 Å². The summed E-state index contributed by atoms with van der Waals surface area (Å²) in [5.41, 5.74) is 0.830. The number of aliphatic hydroxyl groups is 1. The van der Waals surface area contributed by atoms with E-state index < -0.39 is 16.4 Å². The van der Waals surface area contributed by atoms with Gasteiger partial charge in [-0.25, -0.2) is 15.0 Å². The number of hydrogen-bond donors (Lipinski definition) is 1. The number of hydrogen-bond acceptors (Lipinski definition) is 9. The molecule has 61 heavy (non-hydrogen) atoms. The van der Waals surface area contributed by atoms with Gasteiger partial charge in [0.15, 0.2) is 0 Å². The van der Waals surface area contributed by atoms with Crippen molar-refractivity contribution in [1.82, 2.24) is 44.3 Å². The van der Waals surface area contributed by atoms with Gasteiger partial charge < -0.3 is 5.11 Å². The lowest BCUT2D eigenvalue weighted by atomic mass is 9.73. The van der Waals surface area contributed by atoms with Gasteiger partial charge in [-0.2, -0.15) is 25.8 Å². The average molecular weight is 885 g/mol. The fraction of sp³-hybridized carbons (Fsp3) is 0.435. The standard InChI is InChI=1S/C16H22ClN3O.2C15H17ClN4/c1-15(2,3)16(21,10-20-12-18-11-19-20)9-8-13-4-6-14(17)7-5-13;2*1-2-3-8-15(9-17,10-20-12-18-11-19-20)13-4-6-14(16)7-5-13/h4-7,11-12,21H,8-10H2,1-3H3;2*4-7,11-12H,2-3,8,10H2,1H3. The molecule has 6 aromatic rings. The fourth-order valence-corrected chi connectivity index (χ4v) is 7.27. The first-order chi connectivity index (χ1) is 29.2. The maximum absolute atomic E-state index is 11.1. The van der Waals surface area contributed by atoms with E-state index in [9.17, 15) is 15.6 Å². The van der Waals surface area contributed by atoms with Crippen LogP contribution in [0.2, 0.25) is 15.1 Å². The zero-order chi connectivity index (χ0) is 44.4. The Morgan fingerprint density at radius 1 is 0.557 bits per heavy atom. The predicted molar refractivity (Wildman–Crippen MR) is 241 cm³/mol. The molecular formula is C46H56Cl3N11O. The summed E-state index contributed by atoms with van der Waals surface area (Å²) in [6.45, 7) is 11.8. The van der Waals surface area contributed by atoms with Crippen LogP contribution in [0.1, 0.15) is 96.3 Å². The highest BCUT2D eigenvalue weighted by Gasteiger charge is 2.40. The molecule has 3 unspecified atom stereocenters. The van der Waals surface area contributed by atoms with Crippen LogP contribution in [-0.4, -0.2) is 55.0 Å². The normalized spacial score (nSPS) is 14.1. The Morgan fingerprint density at radius 3 is 1.23 bits per heavy atom. The minimum absolute atomic E-state index is 0.259. The summed E-state index contributed by atoms with van der Waals surface area (Å²) in [7, 11) is 0. The van der Waals surface area contributed by atoms with E-state index in [-0.39, 0.29) is 5.41 Å². The van der Waals surface area contributed by atoms with E-state index in [0.29, 0.717) is 36.1 Å². The molecule has 322 valence electrons. The molecule has 0 amide bonds. The number of rotatable bonds is 17. The smallest absolute Gasteiger partial charge is 0.137 e. The van der Waals surface area contributed by atoms with Gasteiger partial charge in [-0.3, -0.25) is 14.0 Å². The maximum Gasteiger partial charge on any atom is 0.137 e. The van der Waals surface area contributed by atoms with Crippen LogP contribution in [0.15, 0.2) is 111 Å². The van der Waals surface area contributed by atoms with Crippen molar-refractivity contribution in [1.29, 1.82) is 10.5 Å². The molecule has 0 saturated heterocycles. The fourth-order valence-electron chi connectivity index (χ4n) is 6.89. The molecule has 3 aromatic carbocycles. The Balaban J connectivity index is 0.000000202.